The van der Waals surface area contributed by atoms with Crippen molar-refractivity contribution in [3.8, 4) is 5.75 Å². The monoisotopic (exact) mass is 274 g/mol. The maximum absolute atomic E-state index is 12.1. The second kappa shape index (κ2) is 6.27. The van der Waals surface area contributed by atoms with Gasteiger partial charge in [-0.3, -0.25) is 4.79 Å². The van der Waals surface area contributed by atoms with Crippen LogP contribution in [0.15, 0.2) is 18.2 Å². The number of hydrogen-bond donors (Lipinski definition) is 2. The lowest BCUT2D eigenvalue weighted by atomic mass is 10.0. The second-order valence-electron chi connectivity index (χ2n) is 5.61. The van der Waals surface area contributed by atoms with E-state index in [4.69, 9.17) is 4.74 Å². The number of benzene rings is 1. The molecule has 0 saturated carbocycles. The summed E-state index contributed by atoms with van der Waals surface area (Å²) in [7, 11) is 0. The Labute approximate surface area is 119 Å². The first-order valence-electron chi connectivity index (χ1n) is 7.60. The lowest BCUT2D eigenvalue weighted by Gasteiger charge is -2.23. The standard InChI is InChI=1S/C16H22N2O2/c19-16(18-9-6-14-3-1-2-8-17-14)13-4-5-15-12(11-13)7-10-20-15/h4-5,11,14,17H,1-3,6-10H2,(H,18,19). The number of hydrogen-bond acceptors (Lipinski definition) is 3. The molecule has 1 amide bonds. The number of rotatable bonds is 4. The van der Waals surface area contributed by atoms with Gasteiger partial charge >= 0.3 is 0 Å². The van der Waals surface area contributed by atoms with E-state index in [0.717, 1.165) is 49.4 Å². The van der Waals surface area contributed by atoms with Crippen LogP contribution in [-0.2, 0) is 6.42 Å². The predicted molar refractivity (Wildman–Crippen MR) is 78.2 cm³/mol. The SMILES string of the molecule is O=C(NCCC1CCCCN1)c1ccc2c(c1)CCO2. The van der Waals surface area contributed by atoms with Crippen LogP contribution in [0.3, 0.4) is 0 Å². The lowest BCUT2D eigenvalue weighted by Crippen LogP contribution is -2.37. The molecule has 0 spiro atoms. The molecule has 0 aromatic heterocycles. The minimum absolute atomic E-state index is 0.0236. The smallest absolute Gasteiger partial charge is 0.251 e. The highest BCUT2D eigenvalue weighted by Crippen LogP contribution is 2.25. The Kier molecular flexibility index (Phi) is 4.21. The van der Waals surface area contributed by atoms with E-state index in [1.807, 2.05) is 18.2 Å². The highest BCUT2D eigenvalue weighted by Gasteiger charge is 2.16. The summed E-state index contributed by atoms with van der Waals surface area (Å²) in [4.78, 5) is 12.1. The van der Waals surface area contributed by atoms with Crippen molar-refractivity contribution in [2.24, 2.45) is 0 Å². The molecule has 4 nitrogen and oxygen atoms in total. The molecular formula is C16H22N2O2. The molecule has 1 aromatic carbocycles. The maximum Gasteiger partial charge on any atom is 0.251 e. The van der Waals surface area contributed by atoms with Crippen molar-refractivity contribution in [1.29, 1.82) is 0 Å². The number of piperidine rings is 1. The molecule has 3 rings (SSSR count). The fraction of sp³-hybridized carbons (Fsp3) is 0.562. The zero-order valence-corrected chi connectivity index (χ0v) is 11.8. The Balaban J connectivity index is 1.49. The molecule has 1 fully saturated rings. The Hall–Kier alpha value is -1.55. The van der Waals surface area contributed by atoms with Gasteiger partial charge in [-0.05, 0) is 49.6 Å². The van der Waals surface area contributed by atoms with Crippen molar-refractivity contribution in [3.05, 3.63) is 29.3 Å². The van der Waals surface area contributed by atoms with E-state index in [0.29, 0.717) is 6.04 Å². The summed E-state index contributed by atoms with van der Waals surface area (Å²) >= 11 is 0. The number of fused-ring (bicyclic) bond motifs is 1. The molecule has 2 aliphatic heterocycles. The van der Waals surface area contributed by atoms with Crippen molar-refractivity contribution >= 4 is 5.91 Å². The van der Waals surface area contributed by atoms with Gasteiger partial charge in [0.1, 0.15) is 5.75 Å². The average molecular weight is 274 g/mol. The van der Waals surface area contributed by atoms with Gasteiger partial charge in [0.2, 0.25) is 0 Å². The third-order valence-corrected chi connectivity index (χ3v) is 4.14. The Morgan fingerprint density at radius 1 is 1.40 bits per heavy atom. The number of ether oxygens (including phenoxy) is 1. The minimum atomic E-state index is 0.0236. The molecule has 1 unspecified atom stereocenters. The molecular weight excluding hydrogens is 252 g/mol. The molecule has 2 N–H and O–H groups in total. The zero-order valence-electron chi connectivity index (χ0n) is 11.8. The largest absolute Gasteiger partial charge is 0.493 e. The van der Waals surface area contributed by atoms with Gasteiger partial charge in [0.25, 0.3) is 5.91 Å². The van der Waals surface area contributed by atoms with Crippen LogP contribution in [0.25, 0.3) is 0 Å². The van der Waals surface area contributed by atoms with Crippen molar-refractivity contribution < 1.29 is 9.53 Å². The zero-order chi connectivity index (χ0) is 13.8. The highest BCUT2D eigenvalue weighted by molar-refractivity contribution is 5.94. The van der Waals surface area contributed by atoms with E-state index in [1.54, 1.807) is 0 Å². The van der Waals surface area contributed by atoms with Crippen molar-refractivity contribution in [2.45, 2.75) is 38.1 Å². The van der Waals surface area contributed by atoms with Crippen LogP contribution in [0, 0.1) is 0 Å². The number of nitrogens with one attached hydrogen (secondary N) is 2. The summed E-state index contributed by atoms with van der Waals surface area (Å²) in [5.41, 5.74) is 1.89. The minimum Gasteiger partial charge on any atom is -0.493 e. The fourth-order valence-corrected chi connectivity index (χ4v) is 2.96. The molecule has 0 bridgehead atoms. The second-order valence-corrected chi connectivity index (χ2v) is 5.61. The van der Waals surface area contributed by atoms with Gasteiger partial charge in [0.15, 0.2) is 0 Å². The van der Waals surface area contributed by atoms with Gasteiger partial charge in [-0.15, -0.1) is 0 Å². The van der Waals surface area contributed by atoms with E-state index in [9.17, 15) is 4.79 Å². The summed E-state index contributed by atoms with van der Waals surface area (Å²) < 4.78 is 5.45. The molecule has 2 heterocycles. The molecule has 108 valence electrons. The fourth-order valence-electron chi connectivity index (χ4n) is 2.96. The summed E-state index contributed by atoms with van der Waals surface area (Å²) in [6.07, 6.45) is 5.73. The van der Waals surface area contributed by atoms with E-state index < -0.39 is 0 Å². The van der Waals surface area contributed by atoms with Crippen molar-refractivity contribution in [1.82, 2.24) is 10.6 Å². The Bertz CT molecular complexity index is 481. The summed E-state index contributed by atoms with van der Waals surface area (Å²) in [6.45, 7) is 2.58. The first-order valence-corrected chi connectivity index (χ1v) is 7.60. The molecule has 1 aromatic rings. The highest BCUT2D eigenvalue weighted by atomic mass is 16.5. The van der Waals surface area contributed by atoms with Crippen LogP contribution < -0.4 is 15.4 Å². The molecule has 0 aliphatic carbocycles. The maximum atomic E-state index is 12.1. The van der Waals surface area contributed by atoms with Crippen LogP contribution in [0.5, 0.6) is 5.75 Å². The van der Waals surface area contributed by atoms with E-state index in [1.165, 1.54) is 19.3 Å². The average Bonchev–Trinajstić information content (AvgIpc) is 2.95. The number of carbonyl (C=O) groups excluding carboxylic acids is 1. The van der Waals surface area contributed by atoms with Gasteiger partial charge in [-0.2, -0.15) is 0 Å². The first kappa shape index (κ1) is 13.4. The molecule has 2 aliphatic rings. The van der Waals surface area contributed by atoms with Crippen LogP contribution >= 0.6 is 0 Å². The molecule has 20 heavy (non-hydrogen) atoms. The van der Waals surface area contributed by atoms with Gasteiger partial charge in [-0.1, -0.05) is 6.42 Å². The van der Waals surface area contributed by atoms with Gasteiger partial charge < -0.3 is 15.4 Å². The summed E-state index contributed by atoms with van der Waals surface area (Å²) in [5, 5.41) is 6.52. The van der Waals surface area contributed by atoms with Gasteiger partial charge in [0.05, 0.1) is 6.61 Å². The lowest BCUT2D eigenvalue weighted by molar-refractivity contribution is 0.0951. The van der Waals surface area contributed by atoms with Crippen LogP contribution in [0.2, 0.25) is 0 Å². The summed E-state index contributed by atoms with van der Waals surface area (Å²) in [6, 6.07) is 6.27. The normalized spacial score (nSPS) is 21.1. The van der Waals surface area contributed by atoms with Crippen molar-refractivity contribution in [3.63, 3.8) is 0 Å². The third kappa shape index (κ3) is 3.12. The third-order valence-electron chi connectivity index (χ3n) is 4.14. The van der Waals surface area contributed by atoms with Crippen LogP contribution in [0.1, 0.15) is 41.6 Å². The van der Waals surface area contributed by atoms with E-state index in [2.05, 4.69) is 10.6 Å². The molecule has 0 radical (unpaired) electrons. The van der Waals surface area contributed by atoms with Crippen molar-refractivity contribution in [2.75, 3.05) is 19.7 Å². The van der Waals surface area contributed by atoms with E-state index in [-0.39, 0.29) is 5.91 Å². The molecule has 1 atom stereocenters. The van der Waals surface area contributed by atoms with E-state index >= 15 is 0 Å². The quantitative estimate of drug-likeness (QED) is 0.881. The number of amides is 1. The van der Waals surface area contributed by atoms with Gasteiger partial charge in [0, 0.05) is 24.6 Å². The van der Waals surface area contributed by atoms with Crippen LogP contribution in [-0.4, -0.2) is 31.6 Å². The Morgan fingerprint density at radius 2 is 2.35 bits per heavy atom. The predicted octanol–water partition coefficient (Wildman–Crippen LogP) is 1.88. The topological polar surface area (TPSA) is 50.4 Å². The first-order chi connectivity index (χ1) is 9.83. The molecule has 4 heteroatoms. The summed E-state index contributed by atoms with van der Waals surface area (Å²) in [5.74, 6) is 0.948. The Morgan fingerprint density at radius 3 is 3.20 bits per heavy atom. The molecule has 1 saturated heterocycles. The van der Waals surface area contributed by atoms with Crippen LogP contribution in [0.4, 0.5) is 0 Å². The van der Waals surface area contributed by atoms with Gasteiger partial charge in [-0.25, -0.2) is 0 Å². The number of carbonyl (C=O) groups is 1.